The fraction of sp³-hybridized carbons (Fsp3) is 0.276. The predicted molar refractivity (Wildman–Crippen MR) is 142 cm³/mol. The molecule has 2 N–H and O–H groups in total. The van der Waals surface area contributed by atoms with Crippen molar-refractivity contribution >= 4 is 17.0 Å². The molecule has 8 heteroatoms. The Morgan fingerprint density at radius 2 is 1.46 bits per heavy atom. The molecule has 2 aliphatic rings. The van der Waals surface area contributed by atoms with Crippen LogP contribution in [-0.4, -0.2) is 47.2 Å². The van der Waals surface area contributed by atoms with Crippen LogP contribution in [0.5, 0.6) is 0 Å². The molecule has 0 unspecified atom stereocenters. The molecule has 2 atom stereocenters. The third-order valence-electron chi connectivity index (χ3n) is 7.35. The van der Waals surface area contributed by atoms with Crippen molar-refractivity contribution in [3.63, 3.8) is 0 Å². The summed E-state index contributed by atoms with van der Waals surface area (Å²) in [5.41, 5.74) is 7.20. The monoisotopic (exact) mass is 489 g/mol. The average Bonchev–Trinajstić information content (AvgIpc) is 3.58. The van der Waals surface area contributed by atoms with Gasteiger partial charge in [-0.05, 0) is 19.3 Å². The number of hydrogen-bond donors (Lipinski definition) is 2. The van der Waals surface area contributed by atoms with E-state index < -0.39 is 0 Å². The number of imidazole rings is 1. The van der Waals surface area contributed by atoms with E-state index >= 15 is 0 Å². The van der Waals surface area contributed by atoms with Gasteiger partial charge in [0.1, 0.15) is 11.8 Å². The highest BCUT2D eigenvalue weighted by atomic mass is 16.3. The summed E-state index contributed by atoms with van der Waals surface area (Å²) >= 11 is 0. The summed E-state index contributed by atoms with van der Waals surface area (Å²) in [6.07, 6.45) is 6.55. The van der Waals surface area contributed by atoms with E-state index in [1.807, 2.05) is 42.7 Å². The fourth-order valence-electron chi connectivity index (χ4n) is 5.32. The minimum Gasteiger partial charge on any atom is -0.396 e. The van der Waals surface area contributed by atoms with Crippen LogP contribution in [0, 0.1) is 0 Å². The molecule has 0 spiro atoms. The number of rotatable bonds is 7. The van der Waals surface area contributed by atoms with Crippen LogP contribution >= 0.6 is 0 Å². The Labute approximate surface area is 214 Å². The zero-order valence-corrected chi connectivity index (χ0v) is 20.3. The van der Waals surface area contributed by atoms with Crippen molar-refractivity contribution in [2.45, 2.75) is 43.7 Å². The lowest BCUT2D eigenvalue weighted by molar-refractivity contribution is 0.258. The molecule has 2 aliphatic carbocycles. The topological polar surface area (TPSA) is 102 Å². The Morgan fingerprint density at radius 3 is 2.08 bits per heavy atom. The minimum absolute atomic E-state index is 0.0411. The highest BCUT2D eigenvalue weighted by Gasteiger charge is 2.36. The van der Waals surface area contributed by atoms with Gasteiger partial charge < -0.3 is 15.0 Å². The number of aromatic nitrogens is 6. The maximum absolute atomic E-state index is 10.3. The van der Waals surface area contributed by atoms with Crippen molar-refractivity contribution in [1.82, 2.24) is 29.5 Å². The lowest BCUT2D eigenvalue weighted by Gasteiger charge is -2.15. The van der Waals surface area contributed by atoms with Crippen molar-refractivity contribution in [2.24, 2.45) is 0 Å². The lowest BCUT2D eigenvalue weighted by atomic mass is 10.0. The van der Waals surface area contributed by atoms with E-state index in [1.54, 1.807) is 6.33 Å². The third kappa shape index (κ3) is 4.03. The fourth-order valence-corrected chi connectivity index (χ4v) is 5.32. The number of fused-ring (bicyclic) bond motifs is 2. The van der Waals surface area contributed by atoms with E-state index in [1.165, 1.54) is 12.8 Å². The van der Waals surface area contributed by atoms with Gasteiger partial charge in [-0.15, -0.1) is 0 Å². The second-order valence-electron chi connectivity index (χ2n) is 9.95. The molecule has 37 heavy (non-hydrogen) atoms. The third-order valence-corrected chi connectivity index (χ3v) is 7.35. The van der Waals surface area contributed by atoms with E-state index in [0.717, 1.165) is 57.3 Å². The maximum atomic E-state index is 10.3. The Hall–Kier alpha value is -4.17. The van der Waals surface area contributed by atoms with Crippen LogP contribution in [0.2, 0.25) is 0 Å². The highest BCUT2D eigenvalue weighted by molar-refractivity contribution is 5.83. The highest BCUT2D eigenvalue weighted by Crippen LogP contribution is 2.43. The number of aliphatic hydroxyl groups is 1. The summed E-state index contributed by atoms with van der Waals surface area (Å²) in [7, 11) is 0. The predicted octanol–water partition coefficient (Wildman–Crippen LogP) is 4.79. The van der Waals surface area contributed by atoms with Crippen molar-refractivity contribution in [2.75, 3.05) is 11.9 Å². The molecule has 2 aromatic carbocycles. The molecular formula is C29H27N7O. The number of nitrogens with zero attached hydrogens (tertiary/aromatic N) is 6. The first-order chi connectivity index (χ1) is 18.3. The van der Waals surface area contributed by atoms with Gasteiger partial charge in [0.05, 0.1) is 35.7 Å². The normalized spacial score (nSPS) is 18.7. The van der Waals surface area contributed by atoms with Crippen molar-refractivity contribution in [3.05, 3.63) is 84.7 Å². The standard InChI is InChI=1S/C29H27N7O/c37-15-21-13-20(14-36-17-32-27-28(33-22-11-12-22)30-16-31-29(27)36)25-26(21)35-24(19-9-5-2-6-10-19)23(34-25)18-7-3-1-4-8-18/h1-10,16-17,20-22,37H,11-15H2,(H,30,31,33)/t20-,21+/m0/s1. The molecule has 0 amide bonds. The SMILES string of the molecule is OC[C@H]1C[C@@H](Cn2cnc3c(NC4CC4)ncnc32)c2nc(-c3ccccc3)c(-c3ccccc3)nc21. The van der Waals surface area contributed by atoms with E-state index in [-0.39, 0.29) is 18.4 Å². The Balaban J connectivity index is 1.31. The summed E-state index contributed by atoms with van der Waals surface area (Å²) in [5, 5.41) is 13.7. The van der Waals surface area contributed by atoms with Gasteiger partial charge in [0.15, 0.2) is 11.5 Å². The van der Waals surface area contributed by atoms with Crippen LogP contribution in [0.1, 0.15) is 42.5 Å². The molecule has 0 saturated heterocycles. The van der Waals surface area contributed by atoms with Crippen molar-refractivity contribution < 1.29 is 5.11 Å². The second kappa shape index (κ2) is 9.05. The molecule has 0 aliphatic heterocycles. The lowest BCUT2D eigenvalue weighted by Crippen LogP contribution is -2.10. The van der Waals surface area contributed by atoms with E-state index in [2.05, 4.69) is 49.1 Å². The summed E-state index contributed by atoms with van der Waals surface area (Å²) in [6, 6.07) is 20.9. The Bertz CT molecular complexity index is 1560. The molecule has 1 fully saturated rings. The van der Waals surface area contributed by atoms with Crippen LogP contribution < -0.4 is 5.32 Å². The zero-order chi connectivity index (χ0) is 24.8. The van der Waals surface area contributed by atoms with E-state index in [0.29, 0.717) is 12.6 Å². The number of hydrogen-bond acceptors (Lipinski definition) is 7. The Kier molecular flexibility index (Phi) is 5.39. The van der Waals surface area contributed by atoms with Gasteiger partial charge in [0.25, 0.3) is 0 Å². The molecule has 1 saturated carbocycles. The molecule has 7 rings (SSSR count). The van der Waals surface area contributed by atoms with Gasteiger partial charge in [-0.1, -0.05) is 60.7 Å². The molecule has 3 heterocycles. The molecular weight excluding hydrogens is 462 g/mol. The van der Waals surface area contributed by atoms with Crippen molar-refractivity contribution in [1.29, 1.82) is 0 Å². The molecule has 0 bridgehead atoms. The maximum Gasteiger partial charge on any atom is 0.165 e. The van der Waals surface area contributed by atoms with E-state index in [9.17, 15) is 5.11 Å². The molecule has 8 nitrogen and oxygen atoms in total. The van der Waals surface area contributed by atoms with Gasteiger partial charge in [0.2, 0.25) is 0 Å². The molecule has 3 aromatic heterocycles. The summed E-state index contributed by atoms with van der Waals surface area (Å²) in [5.74, 6) is 0.820. The van der Waals surface area contributed by atoms with Crippen LogP contribution in [0.4, 0.5) is 5.82 Å². The first-order valence-corrected chi connectivity index (χ1v) is 12.8. The summed E-state index contributed by atoms with van der Waals surface area (Å²) in [4.78, 5) is 24.0. The number of anilines is 1. The Morgan fingerprint density at radius 1 is 0.811 bits per heavy atom. The second-order valence-corrected chi connectivity index (χ2v) is 9.95. The van der Waals surface area contributed by atoms with Gasteiger partial charge in [0, 0.05) is 35.5 Å². The molecule has 0 radical (unpaired) electrons. The van der Waals surface area contributed by atoms with Crippen LogP contribution in [0.25, 0.3) is 33.7 Å². The zero-order valence-electron chi connectivity index (χ0n) is 20.3. The number of aliphatic hydroxyl groups excluding tert-OH is 1. The van der Waals surface area contributed by atoms with Crippen molar-refractivity contribution in [3.8, 4) is 22.5 Å². The first-order valence-electron chi connectivity index (χ1n) is 12.8. The van der Waals surface area contributed by atoms with Gasteiger partial charge >= 0.3 is 0 Å². The number of benzene rings is 2. The summed E-state index contributed by atoms with van der Waals surface area (Å²) < 4.78 is 2.08. The molecule has 184 valence electrons. The van der Waals surface area contributed by atoms with E-state index in [4.69, 9.17) is 9.97 Å². The first kappa shape index (κ1) is 22.1. The largest absolute Gasteiger partial charge is 0.396 e. The molecule has 5 aromatic rings. The van der Waals surface area contributed by atoms with Gasteiger partial charge in [-0.25, -0.2) is 24.9 Å². The van der Waals surface area contributed by atoms with Crippen LogP contribution in [0.3, 0.4) is 0 Å². The van der Waals surface area contributed by atoms with Crippen LogP contribution in [-0.2, 0) is 6.54 Å². The quantitative estimate of drug-likeness (QED) is 0.339. The van der Waals surface area contributed by atoms with Gasteiger partial charge in [-0.3, -0.25) is 0 Å². The van der Waals surface area contributed by atoms with Gasteiger partial charge in [-0.2, -0.15) is 0 Å². The van der Waals surface area contributed by atoms with Crippen LogP contribution in [0.15, 0.2) is 73.3 Å². The summed E-state index contributed by atoms with van der Waals surface area (Å²) in [6.45, 7) is 0.701. The average molecular weight is 490 g/mol. The minimum atomic E-state index is -0.0590. The smallest absolute Gasteiger partial charge is 0.165 e. The number of nitrogens with one attached hydrogen (secondary N) is 1.